The molecule has 1 N–H and O–H groups in total. The molecule has 2 rings (SSSR count). The number of nitrogens with one attached hydrogen (secondary N) is 1. The zero-order valence-electron chi connectivity index (χ0n) is 17.8. The van der Waals surface area contributed by atoms with Crippen LogP contribution in [0.25, 0.3) is 6.08 Å². The maximum Gasteiger partial charge on any atom is 0.344 e. The topological polar surface area (TPSA) is 97.7 Å². The number of amides is 1. The molecule has 0 heterocycles. The number of carbonyl (C=O) groups excluding carboxylic acids is 2. The maximum atomic E-state index is 12.7. The number of aryl methyl sites for hydroxylation is 1. The van der Waals surface area contributed by atoms with Gasteiger partial charge in [0.05, 0.1) is 16.8 Å². The van der Waals surface area contributed by atoms with E-state index < -0.39 is 11.9 Å². The predicted octanol–water partition coefficient (Wildman–Crippen LogP) is 5.14. The number of hydrogen-bond donors (Lipinski definition) is 1. The van der Waals surface area contributed by atoms with Crippen molar-refractivity contribution in [3.63, 3.8) is 0 Å². The third-order valence-electron chi connectivity index (χ3n) is 4.10. The highest BCUT2D eigenvalue weighted by Gasteiger charge is 2.16. The van der Waals surface area contributed by atoms with Gasteiger partial charge in [0.2, 0.25) is 0 Å². The molecule has 0 atom stereocenters. The Morgan fingerprint density at radius 1 is 1.19 bits per heavy atom. The number of hydrogen-bond acceptors (Lipinski definition) is 6. The molecule has 2 aromatic carbocycles. The van der Waals surface area contributed by atoms with Crippen LogP contribution < -0.4 is 14.8 Å². The maximum absolute atomic E-state index is 12.7. The molecule has 0 aromatic heterocycles. The lowest BCUT2D eigenvalue weighted by molar-refractivity contribution is -0.145. The summed E-state index contributed by atoms with van der Waals surface area (Å²) in [6.07, 6.45) is 1.45. The second kappa shape index (κ2) is 12.3. The van der Waals surface area contributed by atoms with E-state index in [9.17, 15) is 14.9 Å². The van der Waals surface area contributed by atoms with Crippen molar-refractivity contribution >= 4 is 57.8 Å². The Balaban J connectivity index is 2.31. The molecule has 0 aliphatic rings. The molecule has 0 saturated heterocycles. The molecule has 2 aromatic rings. The molecule has 0 fully saturated rings. The van der Waals surface area contributed by atoms with Crippen molar-refractivity contribution < 1.29 is 23.8 Å². The molecule has 1 amide bonds. The Bertz CT molecular complexity index is 1080. The van der Waals surface area contributed by atoms with Crippen molar-refractivity contribution in [2.24, 2.45) is 0 Å². The van der Waals surface area contributed by atoms with Crippen molar-refractivity contribution in [3.05, 3.63) is 55.6 Å². The fraction of sp³-hybridized carbons (Fsp3) is 0.261. The Hall–Kier alpha value is -2.77. The molecule has 32 heavy (non-hydrogen) atoms. The highest BCUT2D eigenvalue weighted by atomic mass is 127. The molecule has 0 saturated carbocycles. The fourth-order valence-electron chi connectivity index (χ4n) is 2.64. The summed E-state index contributed by atoms with van der Waals surface area (Å²) in [6.45, 7) is 5.71. The van der Waals surface area contributed by atoms with Crippen LogP contribution in [0.15, 0.2) is 35.9 Å². The first-order valence-corrected chi connectivity index (χ1v) is 11.2. The van der Waals surface area contributed by atoms with Gasteiger partial charge >= 0.3 is 5.97 Å². The molecule has 0 unspecified atom stereocenters. The predicted molar refractivity (Wildman–Crippen MR) is 131 cm³/mol. The number of carbonyl (C=O) groups is 2. The molecular formula is C23H22ClIN2O5. The van der Waals surface area contributed by atoms with Crippen molar-refractivity contribution in [2.45, 2.75) is 20.8 Å². The lowest BCUT2D eigenvalue weighted by Gasteiger charge is -2.14. The first-order chi connectivity index (χ1) is 15.3. The van der Waals surface area contributed by atoms with Crippen molar-refractivity contribution in [3.8, 4) is 17.6 Å². The Morgan fingerprint density at radius 2 is 1.94 bits per heavy atom. The van der Waals surface area contributed by atoms with Crippen LogP contribution in [0.1, 0.15) is 25.0 Å². The summed E-state index contributed by atoms with van der Waals surface area (Å²) in [5, 5.41) is 12.7. The number of rotatable bonds is 9. The second-order valence-corrected chi connectivity index (χ2v) is 8.04. The Kier molecular flexibility index (Phi) is 9.81. The Labute approximate surface area is 205 Å². The minimum Gasteiger partial charge on any atom is -0.490 e. The van der Waals surface area contributed by atoms with E-state index in [-0.39, 0.29) is 18.8 Å². The van der Waals surface area contributed by atoms with Crippen LogP contribution in [0, 0.1) is 21.8 Å². The van der Waals surface area contributed by atoms with Gasteiger partial charge in [0.25, 0.3) is 5.91 Å². The van der Waals surface area contributed by atoms with Crippen molar-refractivity contribution in [1.29, 1.82) is 5.26 Å². The van der Waals surface area contributed by atoms with E-state index in [1.54, 1.807) is 37.3 Å². The lowest BCUT2D eigenvalue weighted by atomic mass is 10.1. The van der Waals surface area contributed by atoms with Crippen LogP contribution >= 0.6 is 34.2 Å². The molecule has 9 heteroatoms. The van der Waals surface area contributed by atoms with E-state index in [1.807, 2.05) is 42.5 Å². The highest BCUT2D eigenvalue weighted by Crippen LogP contribution is 2.35. The first-order valence-electron chi connectivity index (χ1n) is 9.73. The van der Waals surface area contributed by atoms with Crippen LogP contribution in [-0.4, -0.2) is 31.7 Å². The molecule has 0 bridgehead atoms. The number of anilines is 1. The normalized spacial score (nSPS) is 10.8. The average molecular weight is 569 g/mol. The third-order valence-corrected chi connectivity index (χ3v) is 5.13. The highest BCUT2D eigenvalue weighted by molar-refractivity contribution is 14.1. The summed E-state index contributed by atoms with van der Waals surface area (Å²) >= 11 is 8.04. The minimum atomic E-state index is -0.562. The molecule has 168 valence electrons. The van der Waals surface area contributed by atoms with E-state index in [0.717, 1.165) is 5.56 Å². The van der Waals surface area contributed by atoms with Gasteiger partial charge in [0, 0.05) is 10.7 Å². The number of ether oxygens (including phenoxy) is 3. The van der Waals surface area contributed by atoms with Gasteiger partial charge < -0.3 is 19.5 Å². The number of nitriles is 1. The minimum absolute atomic E-state index is 0.0946. The second-order valence-electron chi connectivity index (χ2n) is 6.44. The van der Waals surface area contributed by atoms with E-state index in [1.165, 1.54) is 6.08 Å². The van der Waals surface area contributed by atoms with E-state index in [0.29, 0.717) is 37.9 Å². The van der Waals surface area contributed by atoms with E-state index in [2.05, 4.69) is 5.32 Å². The van der Waals surface area contributed by atoms with Crippen molar-refractivity contribution in [1.82, 2.24) is 0 Å². The zero-order chi connectivity index (χ0) is 23.7. The summed E-state index contributed by atoms with van der Waals surface area (Å²) in [6, 6.07) is 10.4. The van der Waals surface area contributed by atoms with Gasteiger partial charge in [-0.2, -0.15) is 5.26 Å². The van der Waals surface area contributed by atoms with Crippen LogP contribution in [0.2, 0.25) is 5.02 Å². The third kappa shape index (κ3) is 7.14. The monoisotopic (exact) mass is 568 g/mol. The number of esters is 1. The van der Waals surface area contributed by atoms with Gasteiger partial charge in [0.15, 0.2) is 18.1 Å². The van der Waals surface area contributed by atoms with Gasteiger partial charge in [0.1, 0.15) is 11.6 Å². The van der Waals surface area contributed by atoms with Gasteiger partial charge in [-0.15, -0.1) is 0 Å². The summed E-state index contributed by atoms with van der Waals surface area (Å²) in [5.41, 5.74) is 1.81. The quantitative estimate of drug-likeness (QED) is 0.195. The molecule has 0 aliphatic heterocycles. The smallest absolute Gasteiger partial charge is 0.344 e. The molecule has 7 nitrogen and oxygen atoms in total. The molecule has 0 aliphatic carbocycles. The van der Waals surface area contributed by atoms with Gasteiger partial charge in [-0.25, -0.2) is 4.79 Å². The Morgan fingerprint density at radius 3 is 2.59 bits per heavy atom. The number of benzene rings is 2. The molecule has 0 radical (unpaired) electrons. The van der Waals surface area contributed by atoms with Crippen LogP contribution in [-0.2, 0) is 14.3 Å². The number of nitrogens with zero attached hydrogens (tertiary/aromatic N) is 1. The SMILES string of the molecule is CCOC(=O)COc1c(I)cc(/C=C(\C#N)C(=O)Nc2cc(Cl)ccc2C)cc1OCC. The van der Waals surface area contributed by atoms with Gasteiger partial charge in [-0.05, 0) is 84.8 Å². The summed E-state index contributed by atoms with van der Waals surface area (Å²) < 4.78 is 16.8. The van der Waals surface area contributed by atoms with E-state index >= 15 is 0 Å². The molecular weight excluding hydrogens is 547 g/mol. The van der Waals surface area contributed by atoms with Crippen molar-refractivity contribution in [2.75, 3.05) is 25.1 Å². The summed E-state index contributed by atoms with van der Waals surface area (Å²) in [5.74, 6) is -0.281. The summed E-state index contributed by atoms with van der Waals surface area (Å²) in [7, 11) is 0. The van der Waals surface area contributed by atoms with Gasteiger partial charge in [-0.3, -0.25) is 4.79 Å². The van der Waals surface area contributed by atoms with Crippen LogP contribution in [0.4, 0.5) is 5.69 Å². The zero-order valence-corrected chi connectivity index (χ0v) is 20.7. The van der Waals surface area contributed by atoms with Gasteiger partial charge in [-0.1, -0.05) is 17.7 Å². The molecule has 0 spiro atoms. The van der Waals surface area contributed by atoms with E-state index in [4.69, 9.17) is 25.8 Å². The summed E-state index contributed by atoms with van der Waals surface area (Å²) in [4.78, 5) is 24.3. The number of halogens is 2. The average Bonchev–Trinajstić information content (AvgIpc) is 2.74. The van der Waals surface area contributed by atoms with Crippen LogP contribution in [0.3, 0.4) is 0 Å². The first kappa shape index (κ1) is 25.5. The largest absolute Gasteiger partial charge is 0.490 e. The van der Waals surface area contributed by atoms with Crippen LogP contribution in [0.5, 0.6) is 11.5 Å². The lowest BCUT2D eigenvalue weighted by Crippen LogP contribution is -2.15. The fourth-order valence-corrected chi connectivity index (χ4v) is 3.60. The standard InChI is InChI=1S/C23H22ClIN2O5/c1-4-30-20-10-15(9-18(25)22(20)32-13-21(28)31-5-2)8-16(12-26)23(29)27-19-11-17(24)7-6-14(19)3/h6-11H,4-5,13H2,1-3H3,(H,27,29)/b16-8+.